The highest BCUT2D eigenvalue weighted by atomic mass is 16.5. The van der Waals surface area contributed by atoms with Crippen LogP contribution < -0.4 is 0 Å². The van der Waals surface area contributed by atoms with Gasteiger partial charge in [0.15, 0.2) is 0 Å². The van der Waals surface area contributed by atoms with Gasteiger partial charge in [-0.3, -0.25) is 9.69 Å². The predicted molar refractivity (Wildman–Crippen MR) is 98.0 cm³/mol. The lowest BCUT2D eigenvalue weighted by atomic mass is 10.0. The summed E-state index contributed by atoms with van der Waals surface area (Å²) in [4.78, 5) is 13.7. The van der Waals surface area contributed by atoms with E-state index in [4.69, 9.17) is 4.74 Å². The van der Waals surface area contributed by atoms with Gasteiger partial charge >= 0.3 is 5.97 Å². The van der Waals surface area contributed by atoms with Crippen molar-refractivity contribution in [1.29, 1.82) is 0 Å². The Morgan fingerprint density at radius 3 is 2.62 bits per heavy atom. The Labute approximate surface area is 146 Å². The first-order valence-electron chi connectivity index (χ1n) is 9.01. The number of rotatable bonds is 10. The molecule has 4 nitrogen and oxygen atoms in total. The first-order chi connectivity index (χ1) is 11.4. The predicted octanol–water partition coefficient (Wildman–Crippen LogP) is 3.61. The molecular weight excluding hydrogens is 302 g/mol. The van der Waals surface area contributed by atoms with Crippen molar-refractivity contribution in [2.75, 3.05) is 13.2 Å². The second kappa shape index (κ2) is 10.5. The highest BCUT2D eigenvalue weighted by molar-refractivity contribution is 5.69. The number of esters is 1. The van der Waals surface area contributed by atoms with E-state index in [1.165, 1.54) is 16.7 Å². The molecule has 0 unspecified atom stereocenters. The number of aliphatic hydroxyl groups is 1. The molecule has 0 saturated heterocycles. The second-order valence-electron chi connectivity index (χ2n) is 6.70. The third-order valence-electron chi connectivity index (χ3n) is 4.43. The molecule has 1 aromatic carbocycles. The number of ether oxygens (including phenoxy) is 1. The third kappa shape index (κ3) is 7.02. The van der Waals surface area contributed by atoms with Crippen LogP contribution in [0, 0.1) is 13.8 Å². The van der Waals surface area contributed by atoms with Gasteiger partial charge < -0.3 is 9.84 Å². The SMILES string of the molecule is CCCC(=O)OC[C@@H](O)CN(Cc1cc(C)ccc1C)[C@H](C)CC. The molecule has 0 aromatic heterocycles. The monoisotopic (exact) mass is 335 g/mol. The number of carbonyl (C=O) groups excluding carboxylic acids is 1. The summed E-state index contributed by atoms with van der Waals surface area (Å²) in [5.74, 6) is -0.235. The van der Waals surface area contributed by atoms with Crippen LogP contribution in [0.25, 0.3) is 0 Å². The van der Waals surface area contributed by atoms with Crippen molar-refractivity contribution in [1.82, 2.24) is 4.90 Å². The second-order valence-corrected chi connectivity index (χ2v) is 6.70. The van der Waals surface area contributed by atoms with E-state index in [2.05, 4.69) is 50.8 Å². The van der Waals surface area contributed by atoms with Gasteiger partial charge in [-0.05, 0) is 44.7 Å². The number of aliphatic hydroxyl groups excluding tert-OH is 1. The minimum Gasteiger partial charge on any atom is -0.463 e. The zero-order valence-electron chi connectivity index (χ0n) is 15.8. The Hall–Kier alpha value is -1.39. The molecule has 1 rings (SSSR count). The Morgan fingerprint density at radius 2 is 2.00 bits per heavy atom. The lowest BCUT2D eigenvalue weighted by molar-refractivity contribution is -0.147. The zero-order chi connectivity index (χ0) is 18.1. The molecule has 0 aliphatic rings. The van der Waals surface area contributed by atoms with Crippen LogP contribution in [0.3, 0.4) is 0 Å². The van der Waals surface area contributed by atoms with E-state index >= 15 is 0 Å². The van der Waals surface area contributed by atoms with Crippen LogP contribution in [0.1, 0.15) is 56.7 Å². The average molecular weight is 335 g/mol. The van der Waals surface area contributed by atoms with E-state index in [0.717, 1.165) is 19.4 Å². The van der Waals surface area contributed by atoms with Crippen molar-refractivity contribution in [3.8, 4) is 0 Å². The third-order valence-corrected chi connectivity index (χ3v) is 4.43. The molecule has 0 amide bonds. The van der Waals surface area contributed by atoms with E-state index in [1.54, 1.807) is 0 Å². The maximum Gasteiger partial charge on any atom is 0.305 e. The van der Waals surface area contributed by atoms with Gasteiger partial charge in [-0.1, -0.05) is 37.6 Å². The minimum atomic E-state index is -0.662. The molecule has 0 spiro atoms. The highest BCUT2D eigenvalue weighted by Crippen LogP contribution is 2.16. The van der Waals surface area contributed by atoms with E-state index in [9.17, 15) is 9.90 Å². The summed E-state index contributed by atoms with van der Waals surface area (Å²) in [6.45, 7) is 11.8. The van der Waals surface area contributed by atoms with Crippen LogP contribution in [0.15, 0.2) is 18.2 Å². The lowest BCUT2D eigenvalue weighted by Gasteiger charge is -2.31. The summed E-state index contributed by atoms with van der Waals surface area (Å²) in [7, 11) is 0. The van der Waals surface area contributed by atoms with Crippen LogP contribution >= 0.6 is 0 Å². The molecule has 2 atom stereocenters. The van der Waals surface area contributed by atoms with Gasteiger partial charge in [0.05, 0.1) is 0 Å². The maximum absolute atomic E-state index is 11.4. The minimum absolute atomic E-state index is 0.0680. The van der Waals surface area contributed by atoms with E-state index in [1.807, 2.05) is 6.92 Å². The fraction of sp³-hybridized carbons (Fsp3) is 0.650. The van der Waals surface area contributed by atoms with E-state index in [0.29, 0.717) is 19.0 Å². The normalized spacial score (nSPS) is 13.8. The van der Waals surface area contributed by atoms with Gasteiger partial charge in [0.2, 0.25) is 0 Å². The van der Waals surface area contributed by atoms with Gasteiger partial charge in [0, 0.05) is 25.6 Å². The van der Waals surface area contributed by atoms with Gasteiger partial charge in [0.25, 0.3) is 0 Å². The average Bonchev–Trinajstić information content (AvgIpc) is 2.55. The standard InChI is InChI=1S/C20H33NO3/c1-6-8-20(23)24-14-19(22)13-21(17(5)7-2)12-18-11-15(3)9-10-16(18)4/h9-11,17,19,22H,6-8,12-14H2,1-5H3/t17-,19+/m1/s1. The largest absolute Gasteiger partial charge is 0.463 e. The Morgan fingerprint density at radius 1 is 1.29 bits per heavy atom. The summed E-state index contributed by atoms with van der Waals surface area (Å²) in [5.41, 5.74) is 3.79. The number of nitrogens with zero attached hydrogens (tertiary/aromatic N) is 1. The van der Waals surface area contributed by atoms with Crippen molar-refractivity contribution in [3.63, 3.8) is 0 Å². The number of hydrogen-bond donors (Lipinski definition) is 1. The molecule has 1 aromatic rings. The van der Waals surface area contributed by atoms with Crippen LogP contribution in [-0.4, -0.2) is 41.3 Å². The first kappa shape index (κ1) is 20.7. The van der Waals surface area contributed by atoms with Crippen molar-refractivity contribution < 1.29 is 14.6 Å². The molecule has 0 radical (unpaired) electrons. The molecule has 0 bridgehead atoms. The number of carbonyl (C=O) groups is 1. The Kier molecular flexibility index (Phi) is 9.01. The molecular formula is C20H33NO3. The highest BCUT2D eigenvalue weighted by Gasteiger charge is 2.19. The molecule has 0 fully saturated rings. The van der Waals surface area contributed by atoms with Crippen molar-refractivity contribution in [2.45, 2.75) is 72.6 Å². The van der Waals surface area contributed by atoms with E-state index < -0.39 is 6.10 Å². The fourth-order valence-corrected chi connectivity index (χ4v) is 2.64. The smallest absolute Gasteiger partial charge is 0.305 e. The summed E-state index contributed by atoms with van der Waals surface area (Å²) in [6, 6.07) is 6.82. The quantitative estimate of drug-likeness (QED) is 0.664. The first-order valence-corrected chi connectivity index (χ1v) is 9.01. The molecule has 1 N–H and O–H groups in total. The van der Waals surface area contributed by atoms with Crippen LogP contribution in [0.2, 0.25) is 0 Å². The number of hydrogen-bond acceptors (Lipinski definition) is 4. The van der Waals surface area contributed by atoms with Crippen molar-refractivity contribution >= 4 is 5.97 Å². The van der Waals surface area contributed by atoms with Gasteiger partial charge in [-0.25, -0.2) is 0 Å². The fourth-order valence-electron chi connectivity index (χ4n) is 2.64. The van der Waals surface area contributed by atoms with Crippen LogP contribution in [0.4, 0.5) is 0 Å². The topological polar surface area (TPSA) is 49.8 Å². The molecule has 4 heteroatoms. The number of benzene rings is 1. The van der Waals surface area contributed by atoms with E-state index in [-0.39, 0.29) is 12.6 Å². The molecule has 24 heavy (non-hydrogen) atoms. The number of aryl methyl sites for hydroxylation is 2. The summed E-state index contributed by atoms with van der Waals surface area (Å²) in [6.07, 6.45) is 1.52. The summed E-state index contributed by atoms with van der Waals surface area (Å²) >= 11 is 0. The summed E-state index contributed by atoms with van der Waals surface area (Å²) < 4.78 is 5.14. The zero-order valence-corrected chi connectivity index (χ0v) is 15.8. The summed E-state index contributed by atoms with van der Waals surface area (Å²) in [5, 5.41) is 10.3. The molecule has 136 valence electrons. The Bertz CT molecular complexity index is 516. The molecule has 0 aliphatic carbocycles. The van der Waals surface area contributed by atoms with Gasteiger partial charge in [-0.2, -0.15) is 0 Å². The van der Waals surface area contributed by atoms with Crippen LogP contribution in [-0.2, 0) is 16.1 Å². The molecule has 0 saturated carbocycles. The van der Waals surface area contributed by atoms with Gasteiger partial charge in [0.1, 0.15) is 12.7 Å². The van der Waals surface area contributed by atoms with Crippen molar-refractivity contribution in [2.24, 2.45) is 0 Å². The molecule has 0 aliphatic heterocycles. The van der Waals surface area contributed by atoms with Crippen molar-refractivity contribution in [3.05, 3.63) is 34.9 Å². The van der Waals surface area contributed by atoms with Gasteiger partial charge in [-0.15, -0.1) is 0 Å². The lowest BCUT2D eigenvalue weighted by Crippen LogP contribution is -2.40. The molecule has 0 heterocycles. The maximum atomic E-state index is 11.4. The van der Waals surface area contributed by atoms with Crippen LogP contribution in [0.5, 0.6) is 0 Å². The Balaban J connectivity index is 2.68.